The average Bonchev–Trinajstić information content (AvgIpc) is 2.40. The topological polar surface area (TPSA) is 66.8 Å². The zero-order chi connectivity index (χ0) is 13.0. The van der Waals surface area contributed by atoms with Gasteiger partial charge in [0.2, 0.25) is 0 Å². The van der Waals surface area contributed by atoms with Gasteiger partial charge in [0.25, 0.3) is 0 Å². The third-order valence-electron chi connectivity index (χ3n) is 2.96. The van der Waals surface area contributed by atoms with E-state index < -0.39 is 12.1 Å². The summed E-state index contributed by atoms with van der Waals surface area (Å²) in [7, 11) is 0. The van der Waals surface area contributed by atoms with Crippen molar-refractivity contribution in [2.45, 2.75) is 38.2 Å². The Labute approximate surface area is 109 Å². The maximum absolute atomic E-state index is 11.9. The lowest BCUT2D eigenvalue weighted by Gasteiger charge is -2.26. The number of carbonyl (C=O) groups excluding carboxylic acids is 1. The SMILES string of the molecule is O=C(O)C1=CSC=CN1C(=O)OC1CCCCC1. The number of carbonyl (C=O) groups is 2. The molecular formula is C12H15NO4S. The van der Waals surface area contributed by atoms with Crippen molar-refractivity contribution in [2.75, 3.05) is 0 Å². The lowest BCUT2D eigenvalue weighted by atomic mass is 9.98. The van der Waals surface area contributed by atoms with E-state index in [1.165, 1.54) is 29.8 Å². The maximum atomic E-state index is 11.9. The molecule has 0 atom stereocenters. The van der Waals surface area contributed by atoms with Crippen molar-refractivity contribution in [1.29, 1.82) is 0 Å². The van der Waals surface area contributed by atoms with Gasteiger partial charge in [-0.15, -0.1) is 11.8 Å². The van der Waals surface area contributed by atoms with Crippen molar-refractivity contribution in [3.05, 3.63) is 22.7 Å². The Bertz CT molecular complexity index is 399. The Morgan fingerprint density at radius 1 is 1.33 bits per heavy atom. The smallest absolute Gasteiger partial charge is 0.419 e. The van der Waals surface area contributed by atoms with Crippen LogP contribution in [0.3, 0.4) is 0 Å². The molecule has 0 bridgehead atoms. The molecule has 98 valence electrons. The van der Waals surface area contributed by atoms with Gasteiger partial charge in [-0.05, 0) is 31.1 Å². The fraction of sp³-hybridized carbons (Fsp3) is 0.500. The van der Waals surface area contributed by atoms with E-state index in [1.54, 1.807) is 5.41 Å². The first kappa shape index (κ1) is 13.0. The minimum atomic E-state index is -1.13. The van der Waals surface area contributed by atoms with Crippen LogP contribution < -0.4 is 0 Å². The molecule has 0 saturated heterocycles. The lowest BCUT2D eigenvalue weighted by Crippen LogP contribution is -2.33. The largest absolute Gasteiger partial charge is 0.477 e. The predicted octanol–water partition coefficient (Wildman–Crippen LogP) is 2.90. The highest BCUT2D eigenvalue weighted by molar-refractivity contribution is 8.05. The van der Waals surface area contributed by atoms with Gasteiger partial charge in [-0.2, -0.15) is 0 Å². The van der Waals surface area contributed by atoms with E-state index in [1.807, 2.05) is 0 Å². The van der Waals surface area contributed by atoms with Gasteiger partial charge in [-0.25, -0.2) is 14.5 Å². The van der Waals surface area contributed by atoms with E-state index in [4.69, 9.17) is 9.84 Å². The highest BCUT2D eigenvalue weighted by Gasteiger charge is 2.27. The number of hydrogen-bond donors (Lipinski definition) is 1. The lowest BCUT2D eigenvalue weighted by molar-refractivity contribution is -0.134. The average molecular weight is 269 g/mol. The second kappa shape index (κ2) is 5.95. The Balaban J connectivity index is 1.98. The van der Waals surface area contributed by atoms with Crippen LogP contribution in [0, 0.1) is 0 Å². The molecule has 1 N–H and O–H groups in total. The van der Waals surface area contributed by atoms with Crippen LogP contribution in [0.1, 0.15) is 32.1 Å². The molecule has 1 heterocycles. The number of amides is 1. The third kappa shape index (κ3) is 3.07. The number of aliphatic carboxylic acids is 1. The van der Waals surface area contributed by atoms with E-state index in [0.29, 0.717) is 0 Å². The molecule has 0 aromatic carbocycles. The van der Waals surface area contributed by atoms with E-state index in [0.717, 1.165) is 30.6 Å². The first-order valence-corrected chi connectivity index (χ1v) is 6.88. The van der Waals surface area contributed by atoms with Gasteiger partial charge >= 0.3 is 12.1 Å². The van der Waals surface area contributed by atoms with Crippen molar-refractivity contribution in [2.24, 2.45) is 0 Å². The summed E-state index contributed by atoms with van der Waals surface area (Å²) in [6.07, 6.45) is 5.77. The summed E-state index contributed by atoms with van der Waals surface area (Å²) in [5.41, 5.74) is -0.0664. The summed E-state index contributed by atoms with van der Waals surface area (Å²) >= 11 is 1.23. The molecule has 1 aliphatic heterocycles. The first-order valence-electron chi connectivity index (χ1n) is 5.94. The molecule has 0 spiro atoms. The van der Waals surface area contributed by atoms with Gasteiger partial charge < -0.3 is 9.84 Å². The number of thioether (sulfide) groups is 1. The Morgan fingerprint density at radius 3 is 2.72 bits per heavy atom. The Hall–Kier alpha value is -1.43. The minimum absolute atomic E-state index is 0.0664. The molecule has 0 unspecified atom stereocenters. The van der Waals surface area contributed by atoms with Crippen LogP contribution >= 0.6 is 11.8 Å². The summed E-state index contributed by atoms with van der Waals surface area (Å²) < 4.78 is 5.33. The summed E-state index contributed by atoms with van der Waals surface area (Å²) in [5, 5.41) is 12.1. The fourth-order valence-electron chi connectivity index (χ4n) is 2.03. The second-order valence-electron chi connectivity index (χ2n) is 4.24. The molecular weight excluding hydrogens is 254 g/mol. The van der Waals surface area contributed by atoms with Crippen LogP contribution in [0.15, 0.2) is 22.7 Å². The van der Waals surface area contributed by atoms with E-state index in [2.05, 4.69) is 0 Å². The molecule has 2 aliphatic rings. The fourth-order valence-corrected chi connectivity index (χ4v) is 2.65. The highest BCUT2D eigenvalue weighted by Crippen LogP contribution is 2.24. The summed E-state index contributed by atoms with van der Waals surface area (Å²) in [6, 6.07) is 0. The van der Waals surface area contributed by atoms with Crippen molar-refractivity contribution in [3.8, 4) is 0 Å². The van der Waals surface area contributed by atoms with E-state index in [9.17, 15) is 9.59 Å². The van der Waals surface area contributed by atoms with Crippen LogP contribution in [-0.2, 0) is 9.53 Å². The molecule has 2 rings (SSSR count). The Morgan fingerprint density at radius 2 is 2.06 bits per heavy atom. The standard InChI is InChI=1S/C12H15NO4S/c14-11(15)10-8-18-7-6-13(10)12(16)17-9-4-2-1-3-5-9/h6-9H,1-5H2,(H,14,15). The second-order valence-corrected chi connectivity index (χ2v) is 5.02. The van der Waals surface area contributed by atoms with Crippen molar-refractivity contribution < 1.29 is 19.4 Å². The zero-order valence-electron chi connectivity index (χ0n) is 9.87. The molecule has 0 aromatic heterocycles. The van der Waals surface area contributed by atoms with Crippen molar-refractivity contribution >= 4 is 23.8 Å². The van der Waals surface area contributed by atoms with E-state index >= 15 is 0 Å². The molecule has 18 heavy (non-hydrogen) atoms. The quantitative estimate of drug-likeness (QED) is 0.834. The number of hydrogen-bond acceptors (Lipinski definition) is 4. The number of carboxylic acids is 1. The van der Waals surface area contributed by atoms with Crippen LogP contribution in [0.5, 0.6) is 0 Å². The van der Waals surface area contributed by atoms with Gasteiger partial charge in [0, 0.05) is 11.6 Å². The number of rotatable bonds is 2. The molecule has 1 aliphatic carbocycles. The van der Waals surface area contributed by atoms with Gasteiger partial charge in [-0.1, -0.05) is 6.42 Å². The molecule has 0 radical (unpaired) electrons. The summed E-state index contributed by atoms with van der Waals surface area (Å²) in [4.78, 5) is 24.0. The molecule has 5 nitrogen and oxygen atoms in total. The first-order chi connectivity index (χ1) is 8.68. The van der Waals surface area contributed by atoms with Crippen LogP contribution in [-0.4, -0.2) is 28.2 Å². The number of carboxylic acid groups (broad SMARTS) is 1. The van der Waals surface area contributed by atoms with Gasteiger partial charge in [0.1, 0.15) is 11.8 Å². The zero-order valence-corrected chi connectivity index (χ0v) is 10.7. The van der Waals surface area contributed by atoms with Crippen LogP contribution in [0.4, 0.5) is 4.79 Å². The van der Waals surface area contributed by atoms with Crippen LogP contribution in [0.25, 0.3) is 0 Å². The van der Waals surface area contributed by atoms with Crippen LogP contribution in [0.2, 0.25) is 0 Å². The molecule has 0 aromatic rings. The summed E-state index contributed by atoms with van der Waals surface area (Å²) in [6.45, 7) is 0. The highest BCUT2D eigenvalue weighted by atomic mass is 32.2. The van der Waals surface area contributed by atoms with Gasteiger partial charge in [0.05, 0.1) is 0 Å². The number of ether oxygens (including phenoxy) is 1. The predicted molar refractivity (Wildman–Crippen MR) is 67.6 cm³/mol. The Kier molecular flexibility index (Phi) is 4.30. The van der Waals surface area contributed by atoms with Gasteiger partial charge in [-0.3, -0.25) is 0 Å². The van der Waals surface area contributed by atoms with E-state index in [-0.39, 0.29) is 11.8 Å². The normalized spacial score (nSPS) is 20.4. The van der Waals surface area contributed by atoms with Crippen molar-refractivity contribution in [1.82, 2.24) is 4.90 Å². The maximum Gasteiger partial charge on any atom is 0.419 e. The molecule has 1 saturated carbocycles. The number of nitrogens with zero attached hydrogens (tertiary/aromatic N) is 1. The molecule has 1 amide bonds. The van der Waals surface area contributed by atoms with Gasteiger partial charge in [0.15, 0.2) is 0 Å². The monoisotopic (exact) mass is 269 g/mol. The summed E-state index contributed by atoms with van der Waals surface area (Å²) in [5.74, 6) is -1.13. The minimum Gasteiger partial charge on any atom is -0.477 e. The third-order valence-corrected chi connectivity index (χ3v) is 3.60. The van der Waals surface area contributed by atoms with Crippen molar-refractivity contribution in [3.63, 3.8) is 0 Å². The molecule has 6 heteroatoms. The molecule has 1 fully saturated rings.